The quantitative estimate of drug-likeness (QED) is 0.562. The number of aromatic nitrogens is 1. The Hall–Kier alpha value is -4.20. The van der Waals surface area contributed by atoms with E-state index in [1.165, 1.54) is 0 Å². The van der Waals surface area contributed by atoms with Crippen molar-refractivity contribution in [3.05, 3.63) is 83.6 Å². The molecular weight excluding hydrogens is 444 g/mol. The van der Waals surface area contributed by atoms with Gasteiger partial charge in [0.25, 0.3) is 11.8 Å². The molecule has 3 aromatic rings. The fourth-order valence-corrected chi connectivity index (χ4v) is 4.10. The molecule has 4 rings (SSSR count). The van der Waals surface area contributed by atoms with Gasteiger partial charge in [-0.2, -0.15) is 0 Å². The van der Waals surface area contributed by atoms with Gasteiger partial charge >= 0.3 is 0 Å². The molecule has 1 saturated heterocycles. The van der Waals surface area contributed by atoms with Crippen LogP contribution in [0.3, 0.4) is 0 Å². The Labute approximate surface area is 204 Å². The largest absolute Gasteiger partial charge is 0.497 e. The molecule has 0 spiro atoms. The number of likely N-dealkylation sites (tertiary alicyclic amines) is 1. The van der Waals surface area contributed by atoms with Gasteiger partial charge in [0.2, 0.25) is 5.91 Å². The molecule has 35 heavy (non-hydrogen) atoms. The van der Waals surface area contributed by atoms with Gasteiger partial charge in [0.05, 0.1) is 24.3 Å². The number of carbonyl (C=O) groups excluding carboxylic acids is 3. The second-order valence-electron chi connectivity index (χ2n) is 8.48. The predicted octanol–water partition coefficient (Wildman–Crippen LogP) is 4.14. The smallest absolute Gasteiger partial charge is 0.255 e. The summed E-state index contributed by atoms with van der Waals surface area (Å²) in [5, 5.41) is 5.73. The zero-order valence-electron chi connectivity index (χ0n) is 19.8. The molecular formula is C27H28N4O4. The molecule has 1 aliphatic rings. The lowest BCUT2D eigenvalue weighted by Gasteiger charge is -2.32. The van der Waals surface area contributed by atoms with Gasteiger partial charge in [0, 0.05) is 24.8 Å². The monoisotopic (exact) mass is 472 g/mol. The van der Waals surface area contributed by atoms with Crippen LogP contribution in [0.1, 0.15) is 39.1 Å². The number of methoxy groups -OCH3 is 1. The highest BCUT2D eigenvalue weighted by Crippen LogP contribution is 2.24. The number of pyridine rings is 1. The highest BCUT2D eigenvalue weighted by Gasteiger charge is 2.30. The minimum absolute atomic E-state index is 0.148. The van der Waals surface area contributed by atoms with Crippen molar-refractivity contribution < 1.29 is 19.1 Å². The number of hydrogen-bond donors (Lipinski definition) is 2. The van der Waals surface area contributed by atoms with Crippen LogP contribution in [0.2, 0.25) is 0 Å². The van der Waals surface area contributed by atoms with Crippen molar-refractivity contribution in [3.8, 4) is 5.75 Å². The van der Waals surface area contributed by atoms with Crippen LogP contribution in [0.5, 0.6) is 5.75 Å². The molecule has 0 radical (unpaired) electrons. The van der Waals surface area contributed by atoms with Crippen LogP contribution < -0.4 is 15.4 Å². The topological polar surface area (TPSA) is 101 Å². The highest BCUT2D eigenvalue weighted by molar-refractivity contribution is 6.09. The first-order valence-electron chi connectivity index (χ1n) is 11.5. The number of para-hydroxylation sites is 1. The molecule has 0 saturated carbocycles. The summed E-state index contributed by atoms with van der Waals surface area (Å²) in [4.78, 5) is 45.0. The van der Waals surface area contributed by atoms with E-state index in [9.17, 15) is 14.4 Å². The van der Waals surface area contributed by atoms with Crippen molar-refractivity contribution in [2.45, 2.75) is 19.8 Å². The first-order chi connectivity index (χ1) is 17.0. The molecule has 1 fully saturated rings. The average Bonchev–Trinajstić information content (AvgIpc) is 2.90. The molecule has 2 N–H and O–H groups in total. The van der Waals surface area contributed by atoms with E-state index in [2.05, 4.69) is 15.6 Å². The number of piperidine rings is 1. The van der Waals surface area contributed by atoms with Gasteiger partial charge in [0.15, 0.2) is 0 Å². The first kappa shape index (κ1) is 23.9. The minimum Gasteiger partial charge on any atom is -0.497 e. The van der Waals surface area contributed by atoms with Crippen molar-refractivity contribution in [2.75, 3.05) is 30.8 Å². The Morgan fingerprint density at radius 2 is 1.77 bits per heavy atom. The van der Waals surface area contributed by atoms with Crippen LogP contribution >= 0.6 is 0 Å². The summed E-state index contributed by atoms with van der Waals surface area (Å²) >= 11 is 0. The number of amides is 3. The van der Waals surface area contributed by atoms with E-state index in [1.54, 1.807) is 66.7 Å². The predicted molar refractivity (Wildman–Crippen MR) is 134 cm³/mol. The third-order valence-electron chi connectivity index (χ3n) is 6.09. The van der Waals surface area contributed by atoms with Gasteiger partial charge in [0.1, 0.15) is 11.6 Å². The Bertz CT molecular complexity index is 1230. The van der Waals surface area contributed by atoms with E-state index in [0.29, 0.717) is 54.3 Å². The molecule has 3 amide bonds. The number of benzene rings is 2. The second kappa shape index (κ2) is 10.8. The van der Waals surface area contributed by atoms with Crippen molar-refractivity contribution in [3.63, 3.8) is 0 Å². The first-order valence-corrected chi connectivity index (χ1v) is 11.5. The van der Waals surface area contributed by atoms with Crippen LogP contribution in [0, 0.1) is 12.8 Å². The Morgan fingerprint density at radius 1 is 1.00 bits per heavy atom. The summed E-state index contributed by atoms with van der Waals surface area (Å²) in [6.45, 7) is 2.74. The highest BCUT2D eigenvalue weighted by atomic mass is 16.5. The molecule has 2 aromatic carbocycles. The molecule has 2 heterocycles. The molecule has 8 heteroatoms. The zero-order valence-corrected chi connectivity index (χ0v) is 19.8. The normalized spacial score (nSPS) is 15.3. The maximum absolute atomic E-state index is 13.4. The Morgan fingerprint density at radius 3 is 2.51 bits per heavy atom. The van der Waals surface area contributed by atoms with Gasteiger partial charge in [-0.3, -0.25) is 14.4 Å². The number of rotatable bonds is 6. The molecule has 0 bridgehead atoms. The Balaban J connectivity index is 1.45. The molecule has 1 aliphatic heterocycles. The molecule has 180 valence electrons. The van der Waals surface area contributed by atoms with Crippen molar-refractivity contribution in [1.82, 2.24) is 9.88 Å². The number of nitrogens with zero attached hydrogens (tertiary/aromatic N) is 2. The summed E-state index contributed by atoms with van der Waals surface area (Å²) in [5.74, 6) is 0.156. The van der Waals surface area contributed by atoms with Crippen molar-refractivity contribution in [1.29, 1.82) is 0 Å². The summed E-state index contributed by atoms with van der Waals surface area (Å²) in [5.41, 5.74) is 2.14. The van der Waals surface area contributed by atoms with E-state index in [-0.39, 0.29) is 23.6 Å². The van der Waals surface area contributed by atoms with Crippen LogP contribution in [-0.2, 0) is 4.79 Å². The Kier molecular flexibility index (Phi) is 7.40. The van der Waals surface area contributed by atoms with Gasteiger partial charge in [-0.25, -0.2) is 4.98 Å². The number of aryl methyl sites for hydroxylation is 1. The summed E-state index contributed by atoms with van der Waals surface area (Å²) in [7, 11) is 1.56. The summed E-state index contributed by atoms with van der Waals surface area (Å²) < 4.78 is 5.14. The van der Waals surface area contributed by atoms with Gasteiger partial charge in [-0.15, -0.1) is 0 Å². The van der Waals surface area contributed by atoms with E-state index < -0.39 is 0 Å². The van der Waals surface area contributed by atoms with Crippen LogP contribution in [0.25, 0.3) is 0 Å². The lowest BCUT2D eigenvalue weighted by molar-refractivity contribution is -0.121. The molecule has 0 aliphatic carbocycles. The van der Waals surface area contributed by atoms with Crippen LogP contribution in [0.4, 0.5) is 11.5 Å². The molecule has 1 atom stereocenters. The number of carbonyl (C=O) groups is 3. The maximum Gasteiger partial charge on any atom is 0.255 e. The standard InChI is InChI=1S/C27H28N4O4/c1-18-7-5-15-28-24(18)30-26(33)20-8-6-16-31(17-20)27(34)22-9-3-4-10-23(22)29-25(32)19-11-13-21(35-2)14-12-19/h3-5,7,9-15,20H,6,8,16-17H2,1-2H3,(H,29,32)(H,28,30,33). The fourth-order valence-electron chi connectivity index (χ4n) is 4.10. The average molecular weight is 473 g/mol. The number of hydrogen-bond acceptors (Lipinski definition) is 5. The van der Waals surface area contributed by atoms with E-state index in [0.717, 1.165) is 5.56 Å². The van der Waals surface area contributed by atoms with E-state index >= 15 is 0 Å². The fraction of sp³-hybridized carbons (Fsp3) is 0.259. The lowest BCUT2D eigenvalue weighted by Crippen LogP contribution is -2.44. The summed E-state index contributed by atoms with van der Waals surface area (Å²) in [6, 6.07) is 17.4. The molecule has 1 aromatic heterocycles. The third-order valence-corrected chi connectivity index (χ3v) is 6.09. The second-order valence-corrected chi connectivity index (χ2v) is 8.48. The number of nitrogens with one attached hydrogen (secondary N) is 2. The lowest BCUT2D eigenvalue weighted by atomic mass is 9.96. The van der Waals surface area contributed by atoms with Gasteiger partial charge < -0.3 is 20.3 Å². The van der Waals surface area contributed by atoms with Gasteiger partial charge in [-0.05, 0) is 67.8 Å². The molecule has 1 unspecified atom stereocenters. The van der Waals surface area contributed by atoms with Gasteiger partial charge in [-0.1, -0.05) is 18.2 Å². The number of anilines is 2. The van der Waals surface area contributed by atoms with Crippen molar-refractivity contribution >= 4 is 29.2 Å². The molecule has 8 nitrogen and oxygen atoms in total. The van der Waals surface area contributed by atoms with Crippen LogP contribution in [-0.4, -0.2) is 47.8 Å². The van der Waals surface area contributed by atoms with E-state index in [1.807, 2.05) is 19.1 Å². The summed E-state index contributed by atoms with van der Waals surface area (Å²) in [6.07, 6.45) is 3.04. The van der Waals surface area contributed by atoms with Crippen molar-refractivity contribution in [2.24, 2.45) is 5.92 Å². The number of ether oxygens (including phenoxy) is 1. The third kappa shape index (κ3) is 5.66. The zero-order chi connectivity index (χ0) is 24.8. The van der Waals surface area contributed by atoms with Crippen LogP contribution in [0.15, 0.2) is 66.9 Å². The minimum atomic E-state index is -0.338. The van der Waals surface area contributed by atoms with E-state index in [4.69, 9.17) is 4.74 Å². The maximum atomic E-state index is 13.4. The SMILES string of the molecule is COc1ccc(C(=O)Nc2ccccc2C(=O)N2CCCC(C(=O)Nc3ncccc3C)C2)cc1.